The zero-order chi connectivity index (χ0) is 16.7. The van der Waals surface area contributed by atoms with Gasteiger partial charge in [0.1, 0.15) is 0 Å². The third kappa shape index (κ3) is 5.08. The molecule has 0 aliphatic rings. The van der Waals surface area contributed by atoms with E-state index in [1.807, 2.05) is 0 Å². The molecule has 1 atom stereocenters. The van der Waals surface area contributed by atoms with Crippen LogP contribution in [0.4, 0.5) is 5.69 Å². The number of rotatable bonds is 7. The Morgan fingerprint density at radius 2 is 2.09 bits per heavy atom. The van der Waals surface area contributed by atoms with Crippen LogP contribution in [0.2, 0.25) is 0 Å². The van der Waals surface area contributed by atoms with Gasteiger partial charge in [-0.3, -0.25) is 14.9 Å². The minimum absolute atomic E-state index is 0.000152. The van der Waals surface area contributed by atoms with Crippen LogP contribution >= 0.6 is 0 Å². The van der Waals surface area contributed by atoms with Gasteiger partial charge in [0.25, 0.3) is 5.69 Å². The topological polar surface area (TPSA) is 106 Å². The van der Waals surface area contributed by atoms with Crippen molar-refractivity contribution in [3.8, 4) is 0 Å². The fourth-order valence-corrected chi connectivity index (χ4v) is 1.90. The van der Waals surface area contributed by atoms with Crippen molar-refractivity contribution in [1.82, 2.24) is 5.32 Å². The highest BCUT2D eigenvalue weighted by Gasteiger charge is 2.08. The summed E-state index contributed by atoms with van der Waals surface area (Å²) in [4.78, 5) is 21.7. The Morgan fingerprint density at radius 3 is 2.70 bits per heavy atom. The molecule has 7 nitrogen and oxygen atoms in total. The second-order valence-corrected chi connectivity index (χ2v) is 4.83. The third-order valence-electron chi connectivity index (χ3n) is 3.18. The molecule has 0 saturated heterocycles. The molecule has 2 aromatic rings. The van der Waals surface area contributed by atoms with E-state index < -0.39 is 11.0 Å². The number of benzene rings is 1. The van der Waals surface area contributed by atoms with E-state index in [0.717, 1.165) is 0 Å². The van der Waals surface area contributed by atoms with Crippen molar-refractivity contribution >= 4 is 17.7 Å². The van der Waals surface area contributed by atoms with Crippen molar-refractivity contribution in [2.75, 3.05) is 6.54 Å². The van der Waals surface area contributed by atoms with Gasteiger partial charge in [0.15, 0.2) is 0 Å². The first-order chi connectivity index (χ1) is 11.1. The highest BCUT2D eigenvalue weighted by atomic mass is 16.6. The van der Waals surface area contributed by atoms with Gasteiger partial charge in [-0.2, -0.15) is 0 Å². The number of nitrogens with one attached hydrogen (secondary N) is 1. The van der Waals surface area contributed by atoms with Crippen LogP contribution < -0.4 is 5.32 Å². The molecule has 0 radical (unpaired) electrons. The molecule has 1 heterocycles. The molecular formula is C16H16N2O5. The minimum Gasteiger partial charge on any atom is -0.472 e. The number of amides is 1. The zero-order valence-electron chi connectivity index (χ0n) is 12.2. The highest BCUT2D eigenvalue weighted by molar-refractivity contribution is 5.91. The summed E-state index contributed by atoms with van der Waals surface area (Å²) < 4.78 is 4.87. The number of hydrogen-bond donors (Lipinski definition) is 2. The number of nitro groups is 1. The maximum absolute atomic E-state index is 11.7. The summed E-state index contributed by atoms with van der Waals surface area (Å²) in [5.74, 6) is -0.303. The summed E-state index contributed by atoms with van der Waals surface area (Å²) >= 11 is 0. The first kappa shape index (κ1) is 16.4. The number of nitrogens with zero attached hydrogens (tertiary/aromatic N) is 1. The number of hydrogen-bond acceptors (Lipinski definition) is 5. The van der Waals surface area contributed by atoms with E-state index in [0.29, 0.717) is 24.1 Å². The van der Waals surface area contributed by atoms with Crippen molar-refractivity contribution in [2.24, 2.45) is 0 Å². The number of furan rings is 1. The number of non-ortho nitro benzene ring substituents is 1. The number of nitro benzene ring substituents is 1. The van der Waals surface area contributed by atoms with Crippen molar-refractivity contribution < 1.29 is 19.2 Å². The lowest BCUT2D eigenvalue weighted by molar-refractivity contribution is -0.384. The maximum Gasteiger partial charge on any atom is 0.269 e. The van der Waals surface area contributed by atoms with Gasteiger partial charge < -0.3 is 14.8 Å². The number of aliphatic hydroxyl groups excluding tert-OH is 1. The molecule has 120 valence electrons. The Hall–Kier alpha value is -2.93. The van der Waals surface area contributed by atoms with Gasteiger partial charge in [-0.05, 0) is 36.3 Å². The van der Waals surface area contributed by atoms with Crippen molar-refractivity contribution in [3.63, 3.8) is 0 Å². The smallest absolute Gasteiger partial charge is 0.269 e. The Labute approximate surface area is 132 Å². The predicted molar refractivity (Wildman–Crippen MR) is 83.4 cm³/mol. The van der Waals surface area contributed by atoms with E-state index in [1.54, 1.807) is 24.3 Å². The Balaban J connectivity index is 1.76. The fourth-order valence-electron chi connectivity index (χ4n) is 1.90. The number of aliphatic hydroxyl groups is 1. The molecular weight excluding hydrogens is 300 g/mol. The fraction of sp³-hybridized carbons (Fsp3) is 0.188. The molecule has 7 heteroatoms. The molecule has 1 aromatic carbocycles. The van der Waals surface area contributed by atoms with Crippen LogP contribution in [-0.4, -0.2) is 22.5 Å². The molecule has 0 saturated carbocycles. The first-order valence-corrected chi connectivity index (χ1v) is 6.97. The average molecular weight is 316 g/mol. The van der Waals surface area contributed by atoms with Crippen molar-refractivity contribution in [1.29, 1.82) is 0 Å². The van der Waals surface area contributed by atoms with Gasteiger partial charge in [0.05, 0.1) is 23.6 Å². The van der Waals surface area contributed by atoms with E-state index in [-0.39, 0.29) is 11.6 Å². The lowest BCUT2D eigenvalue weighted by atomic mass is 10.1. The average Bonchev–Trinajstić information content (AvgIpc) is 3.07. The summed E-state index contributed by atoms with van der Waals surface area (Å²) in [6, 6.07) is 7.54. The van der Waals surface area contributed by atoms with E-state index in [9.17, 15) is 20.0 Å². The maximum atomic E-state index is 11.7. The molecule has 0 aliphatic heterocycles. The summed E-state index contributed by atoms with van der Waals surface area (Å²) in [6.07, 6.45) is 5.52. The van der Waals surface area contributed by atoms with Gasteiger partial charge in [-0.1, -0.05) is 0 Å². The Morgan fingerprint density at radius 1 is 1.35 bits per heavy atom. The summed E-state index contributed by atoms with van der Waals surface area (Å²) in [6.45, 7) is 0.315. The lowest BCUT2D eigenvalue weighted by Crippen LogP contribution is -2.23. The normalized spacial score (nSPS) is 12.2. The van der Waals surface area contributed by atoms with E-state index >= 15 is 0 Å². The Bertz CT molecular complexity index is 677. The largest absolute Gasteiger partial charge is 0.472 e. The van der Waals surface area contributed by atoms with Crippen LogP contribution in [0.15, 0.2) is 53.4 Å². The first-order valence-electron chi connectivity index (χ1n) is 6.97. The monoisotopic (exact) mass is 316 g/mol. The van der Waals surface area contributed by atoms with Crippen molar-refractivity contribution in [3.05, 3.63) is 70.2 Å². The van der Waals surface area contributed by atoms with E-state index in [2.05, 4.69) is 5.32 Å². The molecule has 0 spiro atoms. The summed E-state index contributed by atoms with van der Waals surface area (Å²) in [5, 5.41) is 23.0. The van der Waals surface area contributed by atoms with Gasteiger partial charge in [-0.15, -0.1) is 0 Å². The van der Waals surface area contributed by atoms with Crippen molar-refractivity contribution in [2.45, 2.75) is 12.5 Å². The summed E-state index contributed by atoms with van der Waals surface area (Å²) in [7, 11) is 0. The standard InChI is InChI=1S/C16H16N2O5/c19-15(13-8-10-23-11-13)7-9-17-16(20)6-3-12-1-4-14(5-2-12)18(21)22/h1-6,8,10-11,15,19H,7,9H2,(H,17,20)/b6-3+. The zero-order valence-corrected chi connectivity index (χ0v) is 12.2. The molecule has 1 unspecified atom stereocenters. The number of carbonyl (C=O) groups excluding carboxylic acids is 1. The minimum atomic E-state index is -0.687. The molecule has 0 fully saturated rings. The third-order valence-corrected chi connectivity index (χ3v) is 3.18. The summed E-state index contributed by atoms with van der Waals surface area (Å²) in [5.41, 5.74) is 1.35. The van der Waals surface area contributed by atoms with Crippen LogP contribution in [0, 0.1) is 10.1 Å². The Kier molecular flexibility index (Phi) is 5.65. The van der Waals surface area contributed by atoms with E-state index in [1.165, 1.54) is 30.7 Å². The molecule has 2 N–H and O–H groups in total. The van der Waals surface area contributed by atoms with Gasteiger partial charge in [0, 0.05) is 30.3 Å². The number of carbonyl (C=O) groups is 1. The quantitative estimate of drug-likeness (QED) is 0.463. The highest BCUT2D eigenvalue weighted by Crippen LogP contribution is 2.16. The molecule has 1 amide bonds. The molecule has 2 rings (SSSR count). The molecule has 0 aliphatic carbocycles. The van der Waals surface area contributed by atoms with Crippen LogP contribution in [0.1, 0.15) is 23.7 Å². The molecule has 0 bridgehead atoms. The van der Waals surface area contributed by atoms with Crippen LogP contribution in [0.3, 0.4) is 0 Å². The van der Waals surface area contributed by atoms with Gasteiger partial charge >= 0.3 is 0 Å². The lowest BCUT2D eigenvalue weighted by Gasteiger charge is -2.08. The second kappa shape index (κ2) is 7.90. The molecule has 23 heavy (non-hydrogen) atoms. The van der Waals surface area contributed by atoms with Crippen LogP contribution in [0.25, 0.3) is 6.08 Å². The van der Waals surface area contributed by atoms with Crippen LogP contribution in [-0.2, 0) is 4.79 Å². The van der Waals surface area contributed by atoms with Gasteiger partial charge in [-0.25, -0.2) is 0 Å². The van der Waals surface area contributed by atoms with Gasteiger partial charge in [0.2, 0.25) is 5.91 Å². The van der Waals surface area contributed by atoms with E-state index in [4.69, 9.17) is 4.42 Å². The molecule has 1 aromatic heterocycles. The predicted octanol–water partition coefficient (Wildman–Crippen LogP) is 2.44. The van der Waals surface area contributed by atoms with Crippen LogP contribution in [0.5, 0.6) is 0 Å². The SMILES string of the molecule is O=C(/C=C/c1ccc([N+](=O)[O-])cc1)NCCC(O)c1ccoc1. The second-order valence-electron chi connectivity index (χ2n) is 4.83.